The Kier molecular flexibility index (Phi) is 6.53. The van der Waals surface area contributed by atoms with Gasteiger partial charge < -0.3 is 10.2 Å². The Morgan fingerprint density at radius 1 is 1.20 bits per heavy atom. The molecule has 120 valence electrons. The van der Waals surface area contributed by atoms with Gasteiger partial charge in [-0.05, 0) is 56.0 Å². The molecule has 0 aromatic rings. The average molecular weight is 283 g/mol. The molecule has 0 unspecified atom stereocenters. The molecule has 1 aliphatic carbocycles. The fraction of sp³-hybridized carbons (Fsp3) is 1.00. The van der Waals surface area contributed by atoms with Crippen LogP contribution in [0.5, 0.6) is 0 Å². The van der Waals surface area contributed by atoms with Crippen LogP contribution in [0, 0.1) is 16.7 Å². The van der Waals surface area contributed by atoms with Gasteiger partial charge in [-0.15, -0.1) is 0 Å². The predicted molar refractivity (Wildman–Crippen MR) is 90.2 cm³/mol. The lowest BCUT2D eigenvalue weighted by Gasteiger charge is -2.41. The van der Waals surface area contributed by atoms with Gasteiger partial charge in [0, 0.05) is 19.1 Å². The Morgan fingerprint density at radius 2 is 1.75 bits per heavy atom. The Balaban J connectivity index is 2.35. The molecule has 0 radical (unpaired) electrons. The van der Waals surface area contributed by atoms with Gasteiger partial charge in [-0.3, -0.25) is 0 Å². The molecule has 0 atom stereocenters. The minimum absolute atomic E-state index is 0.358. The van der Waals surface area contributed by atoms with E-state index in [0.29, 0.717) is 10.8 Å². The van der Waals surface area contributed by atoms with E-state index in [-0.39, 0.29) is 0 Å². The van der Waals surface area contributed by atoms with E-state index in [1.807, 2.05) is 0 Å². The zero-order valence-corrected chi connectivity index (χ0v) is 15.1. The summed E-state index contributed by atoms with van der Waals surface area (Å²) in [6, 6.07) is 0.799. The highest BCUT2D eigenvalue weighted by Gasteiger charge is 2.30. The van der Waals surface area contributed by atoms with Crippen LogP contribution in [0.1, 0.15) is 67.2 Å². The van der Waals surface area contributed by atoms with Crippen LogP contribution in [-0.2, 0) is 0 Å². The van der Waals surface area contributed by atoms with Crippen LogP contribution >= 0.6 is 0 Å². The quantitative estimate of drug-likeness (QED) is 0.754. The van der Waals surface area contributed by atoms with E-state index in [1.54, 1.807) is 0 Å². The Labute approximate surface area is 127 Å². The van der Waals surface area contributed by atoms with Crippen molar-refractivity contribution in [1.29, 1.82) is 0 Å². The second-order valence-electron chi connectivity index (χ2n) is 9.00. The fourth-order valence-electron chi connectivity index (χ4n) is 3.38. The molecule has 2 heteroatoms. The topological polar surface area (TPSA) is 15.3 Å². The van der Waals surface area contributed by atoms with Crippen molar-refractivity contribution in [2.75, 3.05) is 26.7 Å². The third-order valence-corrected chi connectivity index (χ3v) is 4.77. The van der Waals surface area contributed by atoms with Crippen LogP contribution in [0.15, 0.2) is 0 Å². The summed E-state index contributed by atoms with van der Waals surface area (Å²) in [6.45, 7) is 17.6. The first-order chi connectivity index (χ1) is 9.11. The highest BCUT2D eigenvalue weighted by molar-refractivity contribution is 4.85. The second-order valence-corrected chi connectivity index (χ2v) is 9.00. The van der Waals surface area contributed by atoms with Crippen molar-refractivity contribution >= 4 is 0 Å². The standard InChI is InChI=1S/C18H38N2/c1-15(2)12-19-13-18(5,6)14-20(7)16-8-10-17(3,4)11-9-16/h15-16,19H,8-14H2,1-7H3. The molecule has 2 nitrogen and oxygen atoms in total. The molecule has 0 bridgehead atoms. The highest BCUT2D eigenvalue weighted by Crippen LogP contribution is 2.37. The van der Waals surface area contributed by atoms with Crippen molar-refractivity contribution in [2.24, 2.45) is 16.7 Å². The second kappa shape index (κ2) is 7.26. The van der Waals surface area contributed by atoms with Gasteiger partial charge in [-0.25, -0.2) is 0 Å². The summed E-state index contributed by atoms with van der Waals surface area (Å²) in [5.41, 5.74) is 0.933. The van der Waals surface area contributed by atoms with Gasteiger partial charge in [0.05, 0.1) is 0 Å². The third kappa shape index (κ3) is 6.58. The number of nitrogens with zero attached hydrogens (tertiary/aromatic N) is 1. The minimum atomic E-state index is 0.358. The van der Waals surface area contributed by atoms with E-state index >= 15 is 0 Å². The van der Waals surface area contributed by atoms with Crippen molar-refractivity contribution in [3.8, 4) is 0 Å². The molecule has 0 aliphatic heterocycles. The fourth-order valence-corrected chi connectivity index (χ4v) is 3.38. The van der Waals surface area contributed by atoms with Crippen LogP contribution in [0.3, 0.4) is 0 Å². The van der Waals surface area contributed by atoms with Gasteiger partial charge >= 0.3 is 0 Å². The summed E-state index contributed by atoms with van der Waals surface area (Å²) >= 11 is 0. The summed E-state index contributed by atoms with van der Waals surface area (Å²) in [5, 5.41) is 3.62. The zero-order valence-electron chi connectivity index (χ0n) is 15.1. The maximum Gasteiger partial charge on any atom is 0.00928 e. The summed E-state index contributed by atoms with van der Waals surface area (Å²) in [5.74, 6) is 0.740. The first kappa shape index (κ1) is 18.0. The first-order valence-electron chi connectivity index (χ1n) is 8.52. The van der Waals surface area contributed by atoms with Gasteiger partial charge in [-0.2, -0.15) is 0 Å². The predicted octanol–water partition coefficient (Wildman–Crippen LogP) is 4.16. The van der Waals surface area contributed by atoms with Crippen molar-refractivity contribution in [2.45, 2.75) is 73.3 Å². The van der Waals surface area contributed by atoms with Gasteiger partial charge in [0.15, 0.2) is 0 Å². The van der Waals surface area contributed by atoms with Crippen molar-refractivity contribution in [3.63, 3.8) is 0 Å². The molecule has 1 N–H and O–H groups in total. The van der Waals surface area contributed by atoms with Crippen LogP contribution in [-0.4, -0.2) is 37.6 Å². The summed E-state index contributed by atoms with van der Waals surface area (Å²) in [6.07, 6.45) is 5.51. The van der Waals surface area contributed by atoms with E-state index in [1.165, 1.54) is 32.2 Å². The molecule has 0 amide bonds. The molecule has 1 aliphatic rings. The number of hydrogen-bond donors (Lipinski definition) is 1. The third-order valence-electron chi connectivity index (χ3n) is 4.77. The molecule has 0 saturated heterocycles. The molecule has 0 spiro atoms. The lowest BCUT2D eigenvalue weighted by molar-refractivity contribution is 0.0947. The minimum Gasteiger partial charge on any atom is -0.316 e. The lowest BCUT2D eigenvalue weighted by Crippen LogP contribution is -2.45. The first-order valence-corrected chi connectivity index (χ1v) is 8.52. The van der Waals surface area contributed by atoms with Crippen molar-refractivity contribution < 1.29 is 0 Å². The van der Waals surface area contributed by atoms with E-state index in [2.05, 4.69) is 58.8 Å². The SMILES string of the molecule is CC(C)CNCC(C)(C)CN(C)C1CCC(C)(C)CC1. The van der Waals surface area contributed by atoms with Gasteiger partial charge in [0.2, 0.25) is 0 Å². The van der Waals surface area contributed by atoms with Crippen LogP contribution in [0.25, 0.3) is 0 Å². The average Bonchev–Trinajstić information content (AvgIpc) is 2.26. The summed E-state index contributed by atoms with van der Waals surface area (Å²) in [4.78, 5) is 2.62. The number of nitrogens with one attached hydrogen (secondary N) is 1. The maximum atomic E-state index is 3.62. The molecule has 0 heterocycles. The molecule has 1 rings (SSSR count). The molecule has 0 aromatic carbocycles. The number of rotatable bonds is 7. The van der Waals surface area contributed by atoms with Gasteiger partial charge in [0.25, 0.3) is 0 Å². The van der Waals surface area contributed by atoms with E-state index in [0.717, 1.165) is 25.0 Å². The van der Waals surface area contributed by atoms with Crippen molar-refractivity contribution in [1.82, 2.24) is 10.2 Å². The molecule has 1 fully saturated rings. The zero-order chi connectivity index (χ0) is 15.4. The Morgan fingerprint density at radius 3 is 2.25 bits per heavy atom. The van der Waals surface area contributed by atoms with E-state index in [4.69, 9.17) is 0 Å². The van der Waals surface area contributed by atoms with Crippen LogP contribution in [0.4, 0.5) is 0 Å². The molecular formula is C18H38N2. The molecule has 0 aromatic heterocycles. The van der Waals surface area contributed by atoms with Crippen LogP contribution in [0.2, 0.25) is 0 Å². The molecular weight excluding hydrogens is 244 g/mol. The number of hydrogen-bond acceptors (Lipinski definition) is 2. The maximum absolute atomic E-state index is 3.62. The smallest absolute Gasteiger partial charge is 0.00928 e. The van der Waals surface area contributed by atoms with Gasteiger partial charge in [0.1, 0.15) is 0 Å². The Bertz CT molecular complexity index is 271. The highest BCUT2D eigenvalue weighted by atomic mass is 15.1. The van der Waals surface area contributed by atoms with Crippen LogP contribution < -0.4 is 5.32 Å². The van der Waals surface area contributed by atoms with Gasteiger partial charge in [-0.1, -0.05) is 41.5 Å². The Hall–Kier alpha value is -0.0800. The monoisotopic (exact) mass is 282 g/mol. The largest absolute Gasteiger partial charge is 0.316 e. The van der Waals surface area contributed by atoms with Crippen molar-refractivity contribution in [3.05, 3.63) is 0 Å². The molecule has 1 saturated carbocycles. The molecule has 20 heavy (non-hydrogen) atoms. The summed E-state index contributed by atoms with van der Waals surface area (Å²) in [7, 11) is 2.33. The summed E-state index contributed by atoms with van der Waals surface area (Å²) < 4.78 is 0. The van der Waals surface area contributed by atoms with E-state index in [9.17, 15) is 0 Å². The lowest BCUT2D eigenvalue weighted by atomic mass is 9.75. The van der Waals surface area contributed by atoms with E-state index < -0.39 is 0 Å². The normalized spacial score (nSPS) is 20.9.